The first-order valence-corrected chi connectivity index (χ1v) is 8.16. The van der Waals surface area contributed by atoms with Gasteiger partial charge in [0, 0.05) is 7.05 Å². The number of sulfone groups is 1. The van der Waals surface area contributed by atoms with Gasteiger partial charge in [0.05, 0.1) is 30.9 Å². The number of aromatic nitrogens is 2. The molecule has 0 aliphatic rings. The molecule has 0 atom stereocenters. The van der Waals surface area contributed by atoms with Crippen molar-refractivity contribution in [2.45, 2.75) is 19.6 Å². The summed E-state index contributed by atoms with van der Waals surface area (Å²) in [5, 5.41) is 3.85. The normalized spacial score (nSPS) is 11.2. The van der Waals surface area contributed by atoms with E-state index in [0.29, 0.717) is 0 Å². The van der Waals surface area contributed by atoms with Crippen molar-refractivity contribution >= 4 is 21.8 Å². The van der Waals surface area contributed by atoms with Crippen LogP contribution >= 0.6 is 0 Å². The maximum atomic E-state index is 12.0. The Bertz CT molecular complexity index is 620. The summed E-state index contributed by atoms with van der Waals surface area (Å²) >= 11 is 0. The smallest absolute Gasteiger partial charge is 0.341 e. The van der Waals surface area contributed by atoms with Crippen LogP contribution in [0.25, 0.3) is 0 Å². The Morgan fingerprint density at radius 2 is 1.86 bits per heavy atom. The highest BCUT2D eigenvalue weighted by atomic mass is 32.2. The number of hydrogen-bond donors (Lipinski definition) is 0. The number of nitrogens with zero attached hydrogens (tertiary/aromatic N) is 2. The molecule has 0 amide bonds. The second kappa shape index (κ2) is 7.21. The minimum atomic E-state index is -3.76. The number of esters is 2. The summed E-state index contributed by atoms with van der Waals surface area (Å²) < 4.78 is 34.7. The van der Waals surface area contributed by atoms with Crippen molar-refractivity contribution in [3.05, 3.63) is 17.5 Å². The van der Waals surface area contributed by atoms with Crippen LogP contribution in [-0.4, -0.2) is 49.1 Å². The summed E-state index contributed by atoms with van der Waals surface area (Å²) in [7, 11) is -2.25. The molecule has 1 rings (SSSR count). The Morgan fingerprint density at radius 3 is 2.43 bits per heavy atom. The van der Waals surface area contributed by atoms with E-state index >= 15 is 0 Å². The third-order valence-electron chi connectivity index (χ3n) is 2.56. The lowest BCUT2D eigenvalue weighted by atomic mass is 10.3. The van der Waals surface area contributed by atoms with Crippen LogP contribution < -0.4 is 0 Å². The fourth-order valence-corrected chi connectivity index (χ4v) is 2.96. The Balaban J connectivity index is 2.94. The first-order chi connectivity index (χ1) is 9.80. The van der Waals surface area contributed by atoms with Crippen LogP contribution in [0.4, 0.5) is 0 Å². The number of carbonyl (C=O) groups is 2. The lowest BCUT2D eigenvalue weighted by molar-refractivity contribution is -0.139. The van der Waals surface area contributed by atoms with Crippen molar-refractivity contribution in [2.75, 3.05) is 19.0 Å². The van der Waals surface area contributed by atoms with Gasteiger partial charge in [0.15, 0.2) is 9.84 Å². The number of aryl methyl sites for hydroxylation is 1. The standard InChI is InChI=1S/C12H18N2O6S/c1-4-19-11(15)8-21(17,18)7-10-9(6-13-14(10)3)12(16)20-5-2/h6H,4-5,7-8H2,1-3H3. The zero-order valence-corrected chi connectivity index (χ0v) is 13.0. The molecule has 21 heavy (non-hydrogen) atoms. The van der Waals surface area contributed by atoms with E-state index in [2.05, 4.69) is 9.84 Å². The van der Waals surface area contributed by atoms with Gasteiger partial charge in [-0.1, -0.05) is 0 Å². The molecule has 0 unspecified atom stereocenters. The van der Waals surface area contributed by atoms with Crippen molar-refractivity contribution < 1.29 is 27.5 Å². The highest BCUT2D eigenvalue weighted by molar-refractivity contribution is 7.91. The Kier molecular flexibility index (Phi) is 5.89. The fraction of sp³-hybridized carbons (Fsp3) is 0.583. The third-order valence-corrected chi connectivity index (χ3v) is 3.95. The monoisotopic (exact) mass is 318 g/mol. The van der Waals surface area contributed by atoms with Gasteiger partial charge in [-0.25, -0.2) is 13.2 Å². The zero-order valence-electron chi connectivity index (χ0n) is 12.2. The summed E-state index contributed by atoms with van der Waals surface area (Å²) in [6.07, 6.45) is 1.24. The maximum absolute atomic E-state index is 12.0. The molecule has 118 valence electrons. The molecule has 0 aliphatic heterocycles. The number of carbonyl (C=O) groups excluding carboxylic acids is 2. The van der Waals surface area contributed by atoms with E-state index in [-0.39, 0.29) is 24.5 Å². The van der Waals surface area contributed by atoms with E-state index in [1.165, 1.54) is 17.9 Å². The van der Waals surface area contributed by atoms with Crippen LogP contribution in [-0.2, 0) is 36.9 Å². The van der Waals surface area contributed by atoms with E-state index in [4.69, 9.17) is 4.74 Å². The first-order valence-electron chi connectivity index (χ1n) is 6.34. The SMILES string of the molecule is CCOC(=O)CS(=O)(=O)Cc1c(C(=O)OCC)cnn1C. The minimum Gasteiger partial charge on any atom is -0.465 e. The molecule has 8 nitrogen and oxygen atoms in total. The predicted octanol–water partition coefficient (Wildman–Crippen LogP) is 0.0747. The fourth-order valence-electron chi connectivity index (χ4n) is 1.65. The molecule has 0 saturated heterocycles. The largest absolute Gasteiger partial charge is 0.465 e. The lowest BCUT2D eigenvalue weighted by Gasteiger charge is -2.07. The van der Waals surface area contributed by atoms with Crippen LogP contribution in [0.5, 0.6) is 0 Å². The molecule has 0 spiro atoms. The van der Waals surface area contributed by atoms with Crippen LogP contribution in [0.1, 0.15) is 29.9 Å². The molecular weight excluding hydrogens is 300 g/mol. The van der Waals surface area contributed by atoms with E-state index in [1.54, 1.807) is 13.8 Å². The summed E-state index contributed by atoms with van der Waals surface area (Å²) in [6, 6.07) is 0. The second-order valence-electron chi connectivity index (χ2n) is 4.19. The highest BCUT2D eigenvalue weighted by Gasteiger charge is 2.25. The molecular formula is C12H18N2O6S. The number of rotatable bonds is 7. The van der Waals surface area contributed by atoms with Crippen LogP contribution in [0.3, 0.4) is 0 Å². The molecule has 1 aromatic rings. The molecule has 1 heterocycles. The zero-order chi connectivity index (χ0) is 16.0. The van der Waals surface area contributed by atoms with Crippen LogP contribution in [0.2, 0.25) is 0 Å². The lowest BCUT2D eigenvalue weighted by Crippen LogP contribution is -2.22. The Morgan fingerprint density at radius 1 is 1.24 bits per heavy atom. The van der Waals surface area contributed by atoms with Gasteiger partial charge in [-0.05, 0) is 13.8 Å². The molecule has 0 fully saturated rings. The molecule has 9 heteroatoms. The van der Waals surface area contributed by atoms with Crippen molar-refractivity contribution in [3.8, 4) is 0 Å². The Hall–Kier alpha value is -1.90. The van der Waals surface area contributed by atoms with Crippen molar-refractivity contribution in [1.82, 2.24) is 9.78 Å². The highest BCUT2D eigenvalue weighted by Crippen LogP contribution is 2.14. The molecule has 0 bridgehead atoms. The summed E-state index contributed by atoms with van der Waals surface area (Å²) in [5.74, 6) is -2.70. The van der Waals surface area contributed by atoms with Gasteiger partial charge < -0.3 is 9.47 Å². The second-order valence-corrected chi connectivity index (χ2v) is 6.25. The molecule has 0 N–H and O–H groups in total. The first kappa shape index (κ1) is 17.2. The van der Waals surface area contributed by atoms with Gasteiger partial charge in [-0.2, -0.15) is 5.10 Å². The van der Waals surface area contributed by atoms with Gasteiger partial charge in [0.25, 0.3) is 0 Å². The topological polar surface area (TPSA) is 105 Å². The van der Waals surface area contributed by atoms with E-state index < -0.39 is 33.3 Å². The molecule has 1 aromatic heterocycles. The summed E-state index contributed by atoms with van der Waals surface area (Å²) in [6.45, 7) is 3.51. The van der Waals surface area contributed by atoms with E-state index in [0.717, 1.165) is 0 Å². The number of ether oxygens (including phenoxy) is 2. The number of hydrogen-bond acceptors (Lipinski definition) is 7. The van der Waals surface area contributed by atoms with E-state index in [9.17, 15) is 18.0 Å². The van der Waals surface area contributed by atoms with Crippen LogP contribution in [0, 0.1) is 0 Å². The Labute approximate surface area is 122 Å². The third kappa shape index (κ3) is 4.85. The van der Waals surface area contributed by atoms with Crippen molar-refractivity contribution in [3.63, 3.8) is 0 Å². The van der Waals surface area contributed by atoms with Gasteiger partial charge in [-0.3, -0.25) is 9.48 Å². The van der Waals surface area contributed by atoms with Gasteiger partial charge in [-0.15, -0.1) is 0 Å². The van der Waals surface area contributed by atoms with Crippen molar-refractivity contribution in [1.29, 1.82) is 0 Å². The molecule has 0 saturated carbocycles. The quantitative estimate of drug-likeness (QED) is 0.655. The molecule has 0 aromatic carbocycles. The van der Waals surface area contributed by atoms with Gasteiger partial charge in [0.2, 0.25) is 0 Å². The minimum absolute atomic E-state index is 0.0757. The van der Waals surface area contributed by atoms with Crippen LogP contribution in [0.15, 0.2) is 6.20 Å². The summed E-state index contributed by atoms with van der Waals surface area (Å²) in [5.41, 5.74) is 0.254. The van der Waals surface area contributed by atoms with Gasteiger partial charge >= 0.3 is 11.9 Å². The average Bonchev–Trinajstić information content (AvgIpc) is 2.70. The van der Waals surface area contributed by atoms with Crippen molar-refractivity contribution in [2.24, 2.45) is 7.05 Å². The average molecular weight is 318 g/mol. The maximum Gasteiger partial charge on any atom is 0.341 e. The van der Waals surface area contributed by atoms with Gasteiger partial charge in [0.1, 0.15) is 11.3 Å². The predicted molar refractivity (Wildman–Crippen MR) is 73.3 cm³/mol. The summed E-state index contributed by atoms with van der Waals surface area (Å²) in [4.78, 5) is 23.0. The molecule has 0 radical (unpaired) electrons. The molecule has 0 aliphatic carbocycles. The van der Waals surface area contributed by atoms with E-state index in [1.807, 2.05) is 0 Å².